The van der Waals surface area contributed by atoms with Crippen LogP contribution in [0.3, 0.4) is 0 Å². The van der Waals surface area contributed by atoms with E-state index in [2.05, 4.69) is 5.32 Å². The molecule has 7 nitrogen and oxygen atoms in total. The number of nitrogens with zero attached hydrogens (tertiary/aromatic N) is 1. The lowest BCUT2D eigenvalue weighted by Gasteiger charge is -2.22. The number of hydrogen-bond acceptors (Lipinski definition) is 5. The lowest BCUT2D eigenvalue weighted by Crippen LogP contribution is -2.40. The molecule has 0 aliphatic carbocycles. The Hall–Kier alpha value is -4.13. The van der Waals surface area contributed by atoms with E-state index in [0.29, 0.717) is 24.1 Å². The number of fused-ring (bicyclic) bond motifs is 1. The highest BCUT2D eigenvalue weighted by atomic mass is 16.5. The molecule has 0 bridgehead atoms. The van der Waals surface area contributed by atoms with Crippen molar-refractivity contribution >= 4 is 17.7 Å². The van der Waals surface area contributed by atoms with E-state index < -0.39 is 11.8 Å². The molecule has 0 fully saturated rings. The smallest absolute Gasteiger partial charge is 0.262 e. The summed E-state index contributed by atoms with van der Waals surface area (Å²) in [6.45, 7) is 4.01. The first kappa shape index (κ1) is 25.0. The van der Waals surface area contributed by atoms with E-state index >= 15 is 0 Å². The molecule has 0 saturated heterocycles. The minimum atomic E-state index is -0.443. The highest BCUT2D eigenvalue weighted by Crippen LogP contribution is 2.35. The summed E-state index contributed by atoms with van der Waals surface area (Å²) in [6.07, 6.45) is 0.678. The van der Waals surface area contributed by atoms with Crippen molar-refractivity contribution in [1.29, 1.82) is 0 Å². The number of methoxy groups -OCH3 is 1. The Morgan fingerprint density at radius 3 is 2.11 bits per heavy atom. The second-order valence-electron chi connectivity index (χ2n) is 8.91. The lowest BCUT2D eigenvalue weighted by atomic mass is 9.88. The van der Waals surface area contributed by atoms with E-state index in [-0.39, 0.29) is 24.5 Å². The van der Waals surface area contributed by atoms with Gasteiger partial charge in [0.25, 0.3) is 11.8 Å². The van der Waals surface area contributed by atoms with Gasteiger partial charge < -0.3 is 14.8 Å². The van der Waals surface area contributed by atoms with Gasteiger partial charge in [0.15, 0.2) is 0 Å². The Labute approximate surface area is 211 Å². The number of nitrogens with one attached hydrogen (secondary N) is 1. The second kappa shape index (κ2) is 11.1. The minimum Gasteiger partial charge on any atom is -0.496 e. The fourth-order valence-corrected chi connectivity index (χ4v) is 4.45. The Morgan fingerprint density at radius 2 is 1.50 bits per heavy atom. The third-order valence-electron chi connectivity index (χ3n) is 6.10. The fraction of sp³-hybridized carbons (Fsp3) is 0.276. The van der Waals surface area contributed by atoms with Gasteiger partial charge in [-0.2, -0.15) is 0 Å². The highest BCUT2D eigenvalue weighted by Gasteiger charge is 2.36. The maximum absolute atomic E-state index is 12.7. The Balaban J connectivity index is 1.44. The molecule has 1 atom stereocenters. The minimum absolute atomic E-state index is 0.0474. The maximum atomic E-state index is 12.7. The number of amides is 3. The van der Waals surface area contributed by atoms with Crippen molar-refractivity contribution in [2.45, 2.75) is 32.3 Å². The monoisotopic (exact) mass is 486 g/mol. The first-order valence-corrected chi connectivity index (χ1v) is 12.0. The van der Waals surface area contributed by atoms with Crippen molar-refractivity contribution in [3.63, 3.8) is 0 Å². The van der Waals surface area contributed by atoms with Crippen molar-refractivity contribution < 1.29 is 23.9 Å². The van der Waals surface area contributed by atoms with Crippen LogP contribution in [-0.4, -0.2) is 48.9 Å². The van der Waals surface area contributed by atoms with Crippen LogP contribution < -0.4 is 14.8 Å². The van der Waals surface area contributed by atoms with Gasteiger partial charge in [-0.1, -0.05) is 42.5 Å². The fourth-order valence-electron chi connectivity index (χ4n) is 4.45. The van der Waals surface area contributed by atoms with Gasteiger partial charge in [0.2, 0.25) is 5.91 Å². The predicted molar refractivity (Wildman–Crippen MR) is 136 cm³/mol. The van der Waals surface area contributed by atoms with Gasteiger partial charge >= 0.3 is 0 Å². The second-order valence-corrected chi connectivity index (χ2v) is 8.91. The molecule has 4 rings (SSSR count). The summed E-state index contributed by atoms with van der Waals surface area (Å²) < 4.78 is 11.4. The first-order chi connectivity index (χ1) is 17.4. The summed E-state index contributed by atoms with van der Waals surface area (Å²) in [5.74, 6) is 0.240. The molecule has 0 saturated carbocycles. The molecule has 0 radical (unpaired) electrons. The zero-order chi connectivity index (χ0) is 25.7. The van der Waals surface area contributed by atoms with Crippen molar-refractivity contribution in [2.75, 3.05) is 20.2 Å². The number of rotatable bonds is 10. The number of hydrogen-bond donors (Lipinski definition) is 1. The third kappa shape index (κ3) is 5.40. The number of para-hydroxylation sites is 1. The zero-order valence-corrected chi connectivity index (χ0v) is 20.7. The zero-order valence-electron chi connectivity index (χ0n) is 20.7. The van der Waals surface area contributed by atoms with Crippen LogP contribution in [-0.2, 0) is 4.79 Å². The summed E-state index contributed by atoms with van der Waals surface area (Å²) in [4.78, 5) is 38.8. The molecule has 1 heterocycles. The van der Waals surface area contributed by atoms with Crippen molar-refractivity contribution in [3.8, 4) is 11.5 Å². The summed E-state index contributed by atoms with van der Waals surface area (Å²) in [5.41, 5.74) is 2.73. The van der Waals surface area contributed by atoms with Crippen LogP contribution >= 0.6 is 0 Å². The first-order valence-electron chi connectivity index (χ1n) is 12.0. The van der Waals surface area contributed by atoms with Crippen LogP contribution in [0, 0.1) is 0 Å². The third-order valence-corrected chi connectivity index (χ3v) is 6.10. The number of imide groups is 1. The molecule has 3 amide bonds. The van der Waals surface area contributed by atoms with Gasteiger partial charge in [-0.25, -0.2) is 0 Å². The van der Waals surface area contributed by atoms with E-state index in [9.17, 15) is 14.4 Å². The van der Waals surface area contributed by atoms with Gasteiger partial charge in [0.05, 0.1) is 24.3 Å². The molecule has 1 N–H and O–H groups in total. The molecule has 36 heavy (non-hydrogen) atoms. The van der Waals surface area contributed by atoms with Crippen LogP contribution in [0.25, 0.3) is 0 Å². The van der Waals surface area contributed by atoms with Crippen LogP contribution in [0.1, 0.15) is 58.0 Å². The Kier molecular flexibility index (Phi) is 7.68. The lowest BCUT2D eigenvalue weighted by molar-refractivity contribution is -0.121. The quantitative estimate of drug-likeness (QED) is 0.429. The SMILES string of the molecule is COc1ccccc1[C@@H](CCNC(=O)CN1C(=O)c2ccccc2C1=O)c1ccc(OC(C)C)cc1. The molecule has 7 heteroatoms. The number of ether oxygens (including phenoxy) is 2. The predicted octanol–water partition coefficient (Wildman–Crippen LogP) is 4.42. The molecule has 0 unspecified atom stereocenters. The van der Waals surface area contributed by atoms with Crippen LogP contribution in [0.2, 0.25) is 0 Å². The number of carbonyl (C=O) groups is 3. The van der Waals surface area contributed by atoms with Gasteiger partial charge in [0, 0.05) is 18.0 Å². The van der Waals surface area contributed by atoms with Crippen molar-refractivity contribution in [2.24, 2.45) is 0 Å². The largest absolute Gasteiger partial charge is 0.496 e. The molecule has 1 aliphatic heterocycles. The molecular formula is C29H30N2O5. The molecule has 186 valence electrons. The molecule has 3 aromatic carbocycles. The molecule has 0 spiro atoms. The highest BCUT2D eigenvalue weighted by molar-refractivity contribution is 6.22. The van der Waals surface area contributed by atoms with Crippen molar-refractivity contribution in [3.05, 3.63) is 95.1 Å². The van der Waals surface area contributed by atoms with E-state index in [0.717, 1.165) is 27.5 Å². The van der Waals surface area contributed by atoms with E-state index in [1.54, 1.807) is 31.4 Å². The van der Waals surface area contributed by atoms with Crippen molar-refractivity contribution in [1.82, 2.24) is 10.2 Å². The maximum Gasteiger partial charge on any atom is 0.262 e. The van der Waals surface area contributed by atoms with Gasteiger partial charge in [-0.3, -0.25) is 19.3 Å². The van der Waals surface area contributed by atoms with Crippen LogP contribution in [0.5, 0.6) is 11.5 Å². The van der Waals surface area contributed by atoms with E-state index in [1.165, 1.54) is 0 Å². The molecular weight excluding hydrogens is 456 g/mol. The van der Waals surface area contributed by atoms with Gasteiger partial charge in [-0.05, 0) is 56.2 Å². The normalized spacial score (nSPS) is 13.5. The van der Waals surface area contributed by atoms with Gasteiger partial charge in [-0.15, -0.1) is 0 Å². The van der Waals surface area contributed by atoms with E-state index in [1.807, 2.05) is 62.4 Å². The number of carbonyl (C=O) groups excluding carboxylic acids is 3. The molecule has 1 aliphatic rings. The van der Waals surface area contributed by atoms with Gasteiger partial charge in [0.1, 0.15) is 18.0 Å². The Morgan fingerprint density at radius 1 is 0.889 bits per heavy atom. The van der Waals surface area contributed by atoms with Crippen LogP contribution in [0.15, 0.2) is 72.8 Å². The summed E-state index contributed by atoms with van der Waals surface area (Å²) >= 11 is 0. The topological polar surface area (TPSA) is 84.9 Å². The molecule has 3 aromatic rings. The van der Waals surface area contributed by atoms with E-state index in [4.69, 9.17) is 9.47 Å². The van der Waals surface area contributed by atoms with Crippen LogP contribution in [0.4, 0.5) is 0 Å². The number of benzene rings is 3. The Bertz CT molecular complexity index is 1220. The summed E-state index contributed by atoms with van der Waals surface area (Å²) in [6, 6.07) is 22.3. The average Bonchev–Trinajstić information content (AvgIpc) is 3.12. The summed E-state index contributed by atoms with van der Waals surface area (Å²) in [5, 5.41) is 2.87. The molecule has 0 aromatic heterocycles. The summed E-state index contributed by atoms with van der Waals surface area (Å²) in [7, 11) is 1.64. The average molecular weight is 487 g/mol. The standard InChI is InChI=1S/C29H30N2O5/c1-19(2)36-21-14-12-20(13-15-21)22(23-8-6-7-11-26(23)35-3)16-17-30-27(32)18-31-28(33)24-9-4-5-10-25(24)29(31)34/h4-15,19,22H,16-18H2,1-3H3,(H,30,32)/t22-/m0/s1.